The van der Waals surface area contributed by atoms with E-state index in [2.05, 4.69) is 20.8 Å². The van der Waals surface area contributed by atoms with Gasteiger partial charge in [0.25, 0.3) is 0 Å². The van der Waals surface area contributed by atoms with Crippen LogP contribution in [0.2, 0.25) is 5.02 Å². The molecule has 1 N–H and O–H groups in total. The van der Waals surface area contributed by atoms with Crippen molar-refractivity contribution in [2.45, 2.75) is 12.5 Å². The molecule has 0 bridgehead atoms. The lowest BCUT2D eigenvalue weighted by atomic mass is 10.2. The van der Waals surface area contributed by atoms with E-state index in [4.69, 9.17) is 16.3 Å². The second kappa shape index (κ2) is 9.02. The first-order valence-electron chi connectivity index (χ1n) is 8.92. The summed E-state index contributed by atoms with van der Waals surface area (Å²) in [5.74, 6) is 0. The smallest absolute Gasteiger partial charge is 0.0900 e. The van der Waals surface area contributed by atoms with Crippen LogP contribution >= 0.6 is 11.6 Å². The molecule has 3 rings (SSSR count). The minimum atomic E-state index is -0.339. The average Bonchev–Trinajstić information content (AvgIpc) is 2.79. The number of piperazine rings is 1. The number of aliphatic hydroxyl groups excluding tert-OH is 1. The molecular formula is C18H28ClN3O2. The maximum atomic E-state index is 9.77. The van der Waals surface area contributed by atoms with Gasteiger partial charge in [0.1, 0.15) is 0 Å². The fourth-order valence-electron chi connectivity index (χ4n) is 3.48. The Morgan fingerprint density at radius 1 is 1.08 bits per heavy atom. The fourth-order valence-corrected chi connectivity index (χ4v) is 3.66. The molecule has 134 valence electrons. The SMILES string of the molecule is O[C@H]1COCCN(CCCN2CCN(c3cccc(Cl)c3)CC2)C1. The minimum absolute atomic E-state index is 0.339. The predicted octanol–water partition coefficient (Wildman–Crippen LogP) is 1.55. The highest BCUT2D eigenvalue weighted by atomic mass is 35.5. The van der Waals surface area contributed by atoms with Crippen LogP contribution in [-0.4, -0.2) is 86.6 Å². The van der Waals surface area contributed by atoms with Gasteiger partial charge in [0.2, 0.25) is 0 Å². The fraction of sp³-hybridized carbons (Fsp3) is 0.667. The van der Waals surface area contributed by atoms with E-state index >= 15 is 0 Å². The summed E-state index contributed by atoms with van der Waals surface area (Å²) in [6, 6.07) is 8.12. The molecule has 1 atom stereocenters. The van der Waals surface area contributed by atoms with E-state index in [9.17, 15) is 5.11 Å². The molecule has 2 saturated heterocycles. The van der Waals surface area contributed by atoms with Gasteiger partial charge in [-0.1, -0.05) is 17.7 Å². The first-order valence-corrected chi connectivity index (χ1v) is 9.29. The van der Waals surface area contributed by atoms with Gasteiger partial charge in [-0.25, -0.2) is 0 Å². The van der Waals surface area contributed by atoms with Crippen molar-refractivity contribution >= 4 is 17.3 Å². The monoisotopic (exact) mass is 353 g/mol. The Labute approximate surface area is 149 Å². The van der Waals surface area contributed by atoms with Crippen LogP contribution < -0.4 is 4.90 Å². The third-order valence-electron chi connectivity index (χ3n) is 4.83. The summed E-state index contributed by atoms with van der Waals surface area (Å²) >= 11 is 6.09. The number of ether oxygens (including phenoxy) is 1. The van der Waals surface area contributed by atoms with Gasteiger partial charge in [-0.15, -0.1) is 0 Å². The number of nitrogens with zero attached hydrogens (tertiary/aromatic N) is 3. The number of hydrogen-bond donors (Lipinski definition) is 1. The highest BCUT2D eigenvalue weighted by Gasteiger charge is 2.19. The highest BCUT2D eigenvalue weighted by Crippen LogP contribution is 2.20. The van der Waals surface area contributed by atoms with E-state index in [-0.39, 0.29) is 6.10 Å². The second-order valence-corrected chi connectivity index (χ2v) is 7.13. The lowest BCUT2D eigenvalue weighted by Crippen LogP contribution is -2.47. The van der Waals surface area contributed by atoms with Crippen molar-refractivity contribution in [3.8, 4) is 0 Å². The molecule has 2 heterocycles. The molecule has 6 heteroatoms. The second-order valence-electron chi connectivity index (χ2n) is 6.69. The summed E-state index contributed by atoms with van der Waals surface area (Å²) < 4.78 is 5.38. The van der Waals surface area contributed by atoms with E-state index in [0.29, 0.717) is 6.61 Å². The van der Waals surface area contributed by atoms with Crippen molar-refractivity contribution in [1.82, 2.24) is 9.80 Å². The molecule has 2 aliphatic heterocycles. The van der Waals surface area contributed by atoms with Crippen molar-refractivity contribution in [1.29, 1.82) is 0 Å². The normalized spacial score (nSPS) is 24.1. The van der Waals surface area contributed by atoms with Gasteiger partial charge in [0.15, 0.2) is 0 Å². The molecule has 0 amide bonds. The molecule has 1 aromatic carbocycles. The van der Waals surface area contributed by atoms with Gasteiger partial charge < -0.3 is 14.7 Å². The van der Waals surface area contributed by atoms with Crippen molar-refractivity contribution < 1.29 is 9.84 Å². The average molecular weight is 354 g/mol. The molecule has 0 saturated carbocycles. The van der Waals surface area contributed by atoms with Crippen LogP contribution in [0.1, 0.15) is 6.42 Å². The van der Waals surface area contributed by atoms with Crippen LogP contribution in [0.5, 0.6) is 0 Å². The Bertz CT molecular complexity index is 509. The third-order valence-corrected chi connectivity index (χ3v) is 5.06. The largest absolute Gasteiger partial charge is 0.389 e. The Hall–Kier alpha value is -0.850. The van der Waals surface area contributed by atoms with Crippen LogP contribution in [0.25, 0.3) is 0 Å². The summed E-state index contributed by atoms with van der Waals surface area (Å²) in [5, 5.41) is 10.6. The van der Waals surface area contributed by atoms with E-state index in [0.717, 1.165) is 70.4 Å². The molecule has 0 aromatic heterocycles. The summed E-state index contributed by atoms with van der Waals surface area (Å²) in [4.78, 5) is 7.26. The van der Waals surface area contributed by atoms with E-state index in [1.54, 1.807) is 0 Å². The van der Waals surface area contributed by atoms with Gasteiger partial charge in [-0.3, -0.25) is 9.80 Å². The molecule has 1 aromatic rings. The van der Waals surface area contributed by atoms with Gasteiger partial charge >= 0.3 is 0 Å². The molecule has 24 heavy (non-hydrogen) atoms. The zero-order chi connectivity index (χ0) is 16.8. The first kappa shape index (κ1) is 18.0. The summed E-state index contributed by atoms with van der Waals surface area (Å²) in [5.41, 5.74) is 1.22. The van der Waals surface area contributed by atoms with E-state index in [1.807, 2.05) is 18.2 Å². The van der Waals surface area contributed by atoms with Gasteiger partial charge in [-0.2, -0.15) is 0 Å². The third kappa shape index (κ3) is 5.33. The molecule has 0 aliphatic carbocycles. The Morgan fingerprint density at radius 2 is 1.88 bits per heavy atom. The van der Waals surface area contributed by atoms with Crippen molar-refractivity contribution in [3.63, 3.8) is 0 Å². The molecule has 0 spiro atoms. The lowest BCUT2D eigenvalue weighted by Gasteiger charge is -2.36. The minimum Gasteiger partial charge on any atom is -0.389 e. The van der Waals surface area contributed by atoms with Gasteiger partial charge in [0, 0.05) is 50.0 Å². The van der Waals surface area contributed by atoms with E-state index < -0.39 is 0 Å². The molecule has 5 nitrogen and oxygen atoms in total. The standard InChI is InChI=1S/C18H28ClN3O2/c19-16-3-1-4-17(13-16)22-9-7-20(8-10-22)5-2-6-21-11-12-24-15-18(23)14-21/h1,3-4,13,18,23H,2,5-12,14-15H2/t18-/m1/s1. The van der Waals surface area contributed by atoms with Crippen LogP contribution in [0, 0.1) is 0 Å². The Kier molecular flexibility index (Phi) is 6.75. The van der Waals surface area contributed by atoms with Crippen molar-refractivity contribution in [3.05, 3.63) is 29.3 Å². The Morgan fingerprint density at radius 3 is 2.67 bits per heavy atom. The number of aliphatic hydroxyl groups is 1. The predicted molar refractivity (Wildman–Crippen MR) is 98.0 cm³/mol. The number of benzene rings is 1. The maximum Gasteiger partial charge on any atom is 0.0900 e. The number of anilines is 1. The van der Waals surface area contributed by atoms with Gasteiger partial charge in [0.05, 0.1) is 19.3 Å². The molecular weight excluding hydrogens is 326 g/mol. The van der Waals surface area contributed by atoms with Crippen molar-refractivity contribution in [2.75, 3.05) is 70.5 Å². The summed E-state index contributed by atoms with van der Waals surface area (Å²) in [7, 11) is 0. The van der Waals surface area contributed by atoms with Crippen LogP contribution in [-0.2, 0) is 4.74 Å². The van der Waals surface area contributed by atoms with Crippen LogP contribution in [0.3, 0.4) is 0 Å². The zero-order valence-electron chi connectivity index (χ0n) is 14.2. The van der Waals surface area contributed by atoms with Crippen LogP contribution in [0.4, 0.5) is 5.69 Å². The Balaban J connectivity index is 1.36. The zero-order valence-corrected chi connectivity index (χ0v) is 15.0. The topological polar surface area (TPSA) is 39.2 Å². The van der Waals surface area contributed by atoms with E-state index in [1.165, 1.54) is 5.69 Å². The summed E-state index contributed by atoms with van der Waals surface area (Å²) in [6.45, 7) is 9.33. The molecule has 0 unspecified atom stereocenters. The number of β-amino-alcohol motifs (C(OH)–C–C–N with tert-alkyl or cyclic N) is 1. The number of rotatable bonds is 5. The quantitative estimate of drug-likeness (QED) is 0.869. The van der Waals surface area contributed by atoms with Crippen molar-refractivity contribution in [2.24, 2.45) is 0 Å². The van der Waals surface area contributed by atoms with Crippen LogP contribution in [0.15, 0.2) is 24.3 Å². The maximum absolute atomic E-state index is 9.77. The van der Waals surface area contributed by atoms with Gasteiger partial charge in [-0.05, 0) is 37.7 Å². The molecule has 2 aliphatic rings. The lowest BCUT2D eigenvalue weighted by molar-refractivity contribution is 0.0563. The number of halogens is 1. The summed E-state index contributed by atoms with van der Waals surface area (Å²) in [6.07, 6.45) is 0.804. The molecule has 0 radical (unpaired) electrons. The molecule has 2 fully saturated rings. The number of hydrogen-bond acceptors (Lipinski definition) is 5. The highest BCUT2D eigenvalue weighted by molar-refractivity contribution is 6.30. The first-order chi connectivity index (χ1) is 11.7.